The first-order valence-electron chi connectivity index (χ1n) is 10.6. The molecule has 0 saturated carbocycles. The van der Waals surface area contributed by atoms with Crippen molar-refractivity contribution < 1.29 is 9.47 Å². The van der Waals surface area contributed by atoms with Crippen LogP contribution in [-0.4, -0.2) is 28.6 Å². The average molecular weight is 441 g/mol. The van der Waals surface area contributed by atoms with Gasteiger partial charge in [-0.3, -0.25) is 4.79 Å². The van der Waals surface area contributed by atoms with E-state index in [4.69, 9.17) is 20.3 Å². The Morgan fingerprint density at radius 3 is 2.36 bits per heavy atom. The summed E-state index contributed by atoms with van der Waals surface area (Å²) in [7, 11) is 3.24. The zero-order valence-electron chi connectivity index (χ0n) is 18.7. The number of para-hydroxylation sites is 1. The summed E-state index contributed by atoms with van der Waals surface area (Å²) in [5.41, 5.74) is 10.5. The first-order valence-corrected chi connectivity index (χ1v) is 10.6. The maximum atomic E-state index is 13.7. The molecule has 0 aliphatic heterocycles. The number of hydrogen-bond acceptors (Lipinski definition) is 5. The Labute approximate surface area is 190 Å². The molecule has 0 atom stereocenters. The maximum Gasteiger partial charge on any atom is 0.264 e. The second kappa shape index (κ2) is 8.02. The summed E-state index contributed by atoms with van der Waals surface area (Å²) in [6, 6.07) is 21.2. The van der Waals surface area contributed by atoms with Gasteiger partial charge >= 0.3 is 0 Å². The smallest absolute Gasteiger partial charge is 0.264 e. The third-order valence-corrected chi connectivity index (χ3v) is 5.97. The van der Waals surface area contributed by atoms with Crippen LogP contribution in [0.2, 0.25) is 0 Å². The molecule has 0 aliphatic rings. The highest BCUT2D eigenvalue weighted by Crippen LogP contribution is 2.30. The fraction of sp³-hybridized carbons (Fsp3) is 0.154. The summed E-state index contributed by atoms with van der Waals surface area (Å²) in [6.07, 6.45) is 0. The van der Waals surface area contributed by atoms with E-state index >= 15 is 0 Å². The van der Waals surface area contributed by atoms with Gasteiger partial charge in [0.05, 0.1) is 32.0 Å². The van der Waals surface area contributed by atoms with Crippen LogP contribution >= 0.6 is 0 Å². The zero-order chi connectivity index (χ0) is 23.1. The van der Waals surface area contributed by atoms with Crippen LogP contribution in [0.4, 0.5) is 5.82 Å². The lowest BCUT2D eigenvalue weighted by Gasteiger charge is -2.12. The summed E-state index contributed by atoms with van der Waals surface area (Å²) in [6.45, 7) is 2.38. The number of nitrogens with two attached hydrogens (primary N) is 1. The first kappa shape index (κ1) is 20.6. The van der Waals surface area contributed by atoms with Crippen LogP contribution in [0, 0.1) is 6.92 Å². The zero-order valence-corrected chi connectivity index (χ0v) is 18.7. The third kappa shape index (κ3) is 3.38. The van der Waals surface area contributed by atoms with Crippen molar-refractivity contribution in [3.05, 3.63) is 88.2 Å². The Morgan fingerprint density at radius 2 is 1.64 bits per heavy atom. The Bertz CT molecular complexity index is 1550. The van der Waals surface area contributed by atoms with Crippen LogP contribution in [0.15, 0.2) is 71.5 Å². The number of rotatable bonds is 5. The van der Waals surface area contributed by atoms with Crippen LogP contribution in [0.5, 0.6) is 11.5 Å². The maximum absolute atomic E-state index is 13.7. The number of methoxy groups -OCH3 is 2. The molecule has 7 nitrogen and oxygen atoms in total. The van der Waals surface area contributed by atoms with Crippen molar-refractivity contribution in [3.8, 4) is 17.2 Å². The molecule has 5 aromatic rings. The minimum absolute atomic E-state index is 0.177. The molecule has 0 bridgehead atoms. The highest BCUT2D eigenvalue weighted by molar-refractivity contribution is 6.07. The monoisotopic (exact) mass is 440 g/mol. The summed E-state index contributed by atoms with van der Waals surface area (Å²) in [5.74, 6) is 1.77. The molecule has 166 valence electrons. The van der Waals surface area contributed by atoms with Gasteiger partial charge in [-0.05, 0) is 42.3 Å². The first-order chi connectivity index (χ1) is 16.0. The van der Waals surface area contributed by atoms with Gasteiger partial charge in [0.2, 0.25) is 0 Å². The van der Waals surface area contributed by atoms with Gasteiger partial charge in [-0.15, -0.1) is 0 Å². The van der Waals surface area contributed by atoms with Crippen molar-refractivity contribution >= 4 is 27.6 Å². The number of aryl methyl sites for hydroxylation is 1. The van der Waals surface area contributed by atoms with Crippen molar-refractivity contribution in [2.24, 2.45) is 0 Å². The van der Waals surface area contributed by atoms with Crippen LogP contribution in [0.3, 0.4) is 0 Å². The quantitative estimate of drug-likeness (QED) is 0.441. The molecular formula is C26H24N4O3. The lowest BCUT2D eigenvalue weighted by Crippen LogP contribution is -2.22. The molecule has 33 heavy (non-hydrogen) atoms. The molecule has 2 N–H and O–H groups in total. The van der Waals surface area contributed by atoms with Gasteiger partial charge in [0.1, 0.15) is 28.2 Å². The summed E-state index contributed by atoms with van der Waals surface area (Å²) < 4.78 is 14.0. The number of anilines is 1. The van der Waals surface area contributed by atoms with Crippen molar-refractivity contribution in [3.63, 3.8) is 0 Å². The van der Waals surface area contributed by atoms with Crippen LogP contribution in [0.25, 0.3) is 27.5 Å². The molecule has 0 spiro atoms. The van der Waals surface area contributed by atoms with E-state index in [-0.39, 0.29) is 5.56 Å². The van der Waals surface area contributed by atoms with Crippen molar-refractivity contribution in [2.45, 2.75) is 13.5 Å². The fourth-order valence-corrected chi connectivity index (χ4v) is 4.18. The van der Waals surface area contributed by atoms with Crippen LogP contribution < -0.4 is 20.8 Å². The fourth-order valence-electron chi connectivity index (χ4n) is 4.18. The standard InChI is InChI=1S/C26H24N4O3/c1-16-8-11-19(33-3)14-22(16)30-25(27)23-24(28-30)20-6-4-5-7-21(20)29(26(23)31)15-17-9-12-18(32-2)13-10-17/h4-14H,15,27H2,1-3H3. The Morgan fingerprint density at radius 1 is 0.939 bits per heavy atom. The van der Waals surface area contributed by atoms with Crippen LogP contribution in [0.1, 0.15) is 11.1 Å². The van der Waals surface area contributed by atoms with E-state index in [1.54, 1.807) is 23.5 Å². The Hall–Kier alpha value is -4.26. The highest BCUT2D eigenvalue weighted by atomic mass is 16.5. The van der Waals surface area contributed by atoms with Gasteiger partial charge < -0.3 is 19.8 Å². The largest absolute Gasteiger partial charge is 0.497 e. The molecule has 0 unspecified atom stereocenters. The van der Waals surface area contributed by atoms with Crippen molar-refractivity contribution in [2.75, 3.05) is 20.0 Å². The lowest BCUT2D eigenvalue weighted by molar-refractivity contribution is 0.414. The Kier molecular flexibility index (Phi) is 5.01. The summed E-state index contributed by atoms with van der Waals surface area (Å²) in [5, 5.41) is 6.06. The number of ether oxygens (including phenoxy) is 2. The van der Waals surface area contributed by atoms with E-state index in [1.165, 1.54) is 0 Å². The molecular weight excluding hydrogens is 416 g/mol. The van der Waals surface area contributed by atoms with Gasteiger partial charge in [-0.1, -0.05) is 36.4 Å². The van der Waals surface area contributed by atoms with Crippen LogP contribution in [-0.2, 0) is 6.54 Å². The van der Waals surface area contributed by atoms with E-state index in [0.717, 1.165) is 33.5 Å². The van der Waals surface area contributed by atoms with E-state index < -0.39 is 0 Å². The molecule has 5 rings (SSSR count). The molecule has 0 aliphatic carbocycles. The molecule has 2 aromatic heterocycles. The van der Waals surface area contributed by atoms with E-state index in [9.17, 15) is 4.79 Å². The van der Waals surface area contributed by atoms with Gasteiger partial charge in [-0.2, -0.15) is 5.10 Å². The number of fused-ring (bicyclic) bond motifs is 3. The second-order valence-electron chi connectivity index (χ2n) is 7.93. The van der Waals surface area contributed by atoms with Gasteiger partial charge in [0, 0.05) is 11.5 Å². The SMILES string of the molecule is COc1ccc(Cn2c(=O)c3c(N)n(-c4cc(OC)ccc4C)nc3c3ccccc32)cc1. The average Bonchev–Trinajstić information content (AvgIpc) is 3.19. The van der Waals surface area contributed by atoms with Crippen molar-refractivity contribution in [1.82, 2.24) is 14.3 Å². The number of nitrogen functional groups attached to an aromatic ring is 1. The molecule has 0 saturated heterocycles. The molecule has 0 fully saturated rings. The van der Waals surface area contributed by atoms with E-state index in [1.807, 2.05) is 73.7 Å². The number of hydrogen-bond donors (Lipinski definition) is 1. The number of nitrogens with zero attached hydrogens (tertiary/aromatic N) is 3. The Balaban J connectivity index is 1.77. The van der Waals surface area contributed by atoms with E-state index in [2.05, 4.69) is 0 Å². The minimum atomic E-state index is -0.177. The summed E-state index contributed by atoms with van der Waals surface area (Å²) in [4.78, 5) is 13.7. The van der Waals surface area contributed by atoms with Crippen molar-refractivity contribution in [1.29, 1.82) is 0 Å². The predicted molar refractivity (Wildman–Crippen MR) is 131 cm³/mol. The topological polar surface area (TPSA) is 84.3 Å². The van der Waals surface area contributed by atoms with E-state index in [0.29, 0.717) is 29.0 Å². The highest BCUT2D eigenvalue weighted by Gasteiger charge is 2.20. The predicted octanol–water partition coefficient (Wildman–Crippen LogP) is 4.30. The van der Waals surface area contributed by atoms with Gasteiger partial charge in [0.25, 0.3) is 5.56 Å². The summed E-state index contributed by atoms with van der Waals surface area (Å²) >= 11 is 0. The molecule has 2 heterocycles. The van der Waals surface area contributed by atoms with Gasteiger partial charge in [-0.25, -0.2) is 4.68 Å². The molecule has 3 aromatic carbocycles. The normalized spacial score (nSPS) is 11.2. The number of benzene rings is 3. The molecule has 0 radical (unpaired) electrons. The second-order valence-corrected chi connectivity index (χ2v) is 7.93. The lowest BCUT2D eigenvalue weighted by atomic mass is 10.1. The number of pyridine rings is 1. The number of aromatic nitrogens is 3. The minimum Gasteiger partial charge on any atom is -0.497 e. The third-order valence-electron chi connectivity index (χ3n) is 5.97. The molecule has 7 heteroatoms. The van der Waals surface area contributed by atoms with Gasteiger partial charge in [0.15, 0.2) is 0 Å². The molecule has 0 amide bonds.